The molecule has 1 aromatic carbocycles. The molecule has 0 N–H and O–H groups in total. The Morgan fingerprint density at radius 2 is 2.12 bits per heavy atom. The molecule has 0 aromatic heterocycles. The number of benzene rings is 1. The Balaban J connectivity index is 2.44. The smallest absolute Gasteiger partial charge is 0.241 e. The van der Waals surface area contributed by atoms with Gasteiger partial charge in [0.1, 0.15) is 9.91 Å². The zero-order chi connectivity index (χ0) is 12.5. The monoisotopic (exact) mass is 246 g/mol. The van der Waals surface area contributed by atoms with Crippen LogP contribution in [0.3, 0.4) is 0 Å². The van der Waals surface area contributed by atoms with E-state index in [0.717, 1.165) is 10.6 Å². The molecular formula is C13H14N2OS. The molecule has 0 bridgehead atoms. The Morgan fingerprint density at radius 3 is 2.65 bits per heavy atom. The molecule has 1 atom stereocenters. The average molecular weight is 246 g/mol. The van der Waals surface area contributed by atoms with Crippen molar-refractivity contribution in [2.45, 2.75) is 18.7 Å². The van der Waals surface area contributed by atoms with Gasteiger partial charge in [-0.05, 0) is 18.6 Å². The Labute approximate surface area is 105 Å². The number of hydrogen-bond donors (Lipinski definition) is 0. The Bertz CT molecular complexity index is 483. The first-order chi connectivity index (χ1) is 8.08. The lowest BCUT2D eigenvalue weighted by atomic mass is 10.1. The fourth-order valence-electron chi connectivity index (χ4n) is 1.84. The SMILES string of the molecule is C=CC1=NN(C(C)=O)C(C)(c2ccccc2)S1. The average Bonchev–Trinajstić information content (AvgIpc) is 2.69. The third-order valence-electron chi connectivity index (χ3n) is 2.69. The summed E-state index contributed by atoms with van der Waals surface area (Å²) in [5, 5.41) is 6.57. The van der Waals surface area contributed by atoms with Crippen molar-refractivity contribution in [3.05, 3.63) is 48.6 Å². The largest absolute Gasteiger partial charge is 0.273 e. The van der Waals surface area contributed by atoms with Gasteiger partial charge in [-0.1, -0.05) is 48.7 Å². The van der Waals surface area contributed by atoms with Crippen LogP contribution in [0.2, 0.25) is 0 Å². The van der Waals surface area contributed by atoms with Crippen LogP contribution < -0.4 is 0 Å². The Kier molecular flexibility index (Phi) is 3.07. The van der Waals surface area contributed by atoms with Gasteiger partial charge in [-0.25, -0.2) is 5.01 Å². The fraction of sp³-hybridized carbons (Fsp3) is 0.231. The molecule has 17 heavy (non-hydrogen) atoms. The molecule has 3 nitrogen and oxygen atoms in total. The van der Waals surface area contributed by atoms with E-state index in [-0.39, 0.29) is 5.91 Å². The quantitative estimate of drug-likeness (QED) is 0.803. The third kappa shape index (κ3) is 2.00. The van der Waals surface area contributed by atoms with Gasteiger partial charge in [0.25, 0.3) is 0 Å². The van der Waals surface area contributed by atoms with Gasteiger partial charge in [-0.2, -0.15) is 5.10 Å². The molecule has 1 aromatic rings. The summed E-state index contributed by atoms with van der Waals surface area (Å²) in [5.74, 6) is -0.0688. The molecule has 2 rings (SSSR count). The van der Waals surface area contributed by atoms with Crippen molar-refractivity contribution in [2.75, 3.05) is 0 Å². The summed E-state index contributed by atoms with van der Waals surface area (Å²) < 4.78 is 0. The van der Waals surface area contributed by atoms with Gasteiger partial charge in [0.05, 0.1) is 0 Å². The molecule has 1 unspecified atom stereocenters. The minimum absolute atomic E-state index is 0.0688. The zero-order valence-corrected chi connectivity index (χ0v) is 10.7. The molecule has 88 valence electrons. The van der Waals surface area contributed by atoms with Crippen LogP contribution in [0.1, 0.15) is 19.4 Å². The first-order valence-electron chi connectivity index (χ1n) is 5.34. The molecule has 0 saturated heterocycles. The van der Waals surface area contributed by atoms with E-state index in [1.165, 1.54) is 23.7 Å². The lowest BCUT2D eigenvalue weighted by molar-refractivity contribution is -0.131. The van der Waals surface area contributed by atoms with Crippen LogP contribution in [-0.4, -0.2) is 16.0 Å². The van der Waals surface area contributed by atoms with Gasteiger partial charge < -0.3 is 0 Å². The minimum atomic E-state index is -0.476. The number of amides is 1. The maximum atomic E-state index is 11.7. The summed E-state index contributed by atoms with van der Waals surface area (Å²) in [7, 11) is 0. The minimum Gasteiger partial charge on any atom is -0.273 e. The molecule has 0 saturated carbocycles. The van der Waals surface area contributed by atoms with Crippen LogP contribution >= 0.6 is 11.8 Å². The summed E-state index contributed by atoms with van der Waals surface area (Å²) in [6.45, 7) is 7.23. The van der Waals surface area contributed by atoms with Crippen LogP contribution in [0, 0.1) is 0 Å². The van der Waals surface area contributed by atoms with E-state index in [1.807, 2.05) is 37.3 Å². The van der Waals surface area contributed by atoms with Crippen molar-refractivity contribution in [3.8, 4) is 0 Å². The molecule has 0 spiro atoms. The topological polar surface area (TPSA) is 32.7 Å². The molecule has 1 heterocycles. The van der Waals surface area contributed by atoms with E-state index in [0.29, 0.717) is 0 Å². The van der Waals surface area contributed by atoms with Gasteiger partial charge in [0.2, 0.25) is 5.91 Å². The van der Waals surface area contributed by atoms with Crippen LogP contribution in [-0.2, 0) is 9.67 Å². The lowest BCUT2D eigenvalue weighted by Gasteiger charge is -2.31. The molecule has 1 aliphatic heterocycles. The summed E-state index contributed by atoms with van der Waals surface area (Å²) >= 11 is 1.54. The Morgan fingerprint density at radius 1 is 1.47 bits per heavy atom. The molecule has 0 aliphatic carbocycles. The fourth-order valence-corrected chi connectivity index (χ4v) is 2.97. The highest BCUT2D eigenvalue weighted by molar-refractivity contribution is 8.15. The van der Waals surface area contributed by atoms with Crippen molar-refractivity contribution in [1.82, 2.24) is 5.01 Å². The number of carbonyl (C=O) groups excluding carboxylic acids is 1. The van der Waals surface area contributed by atoms with Crippen LogP contribution in [0.25, 0.3) is 0 Å². The highest BCUT2D eigenvalue weighted by Gasteiger charge is 2.42. The van der Waals surface area contributed by atoms with E-state index in [2.05, 4.69) is 11.7 Å². The number of hydrogen-bond acceptors (Lipinski definition) is 3. The molecule has 1 aliphatic rings. The number of nitrogens with zero attached hydrogens (tertiary/aromatic N) is 2. The second kappa shape index (κ2) is 4.37. The van der Waals surface area contributed by atoms with Crippen LogP contribution in [0.4, 0.5) is 0 Å². The van der Waals surface area contributed by atoms with Gasteiger partial charge in [-0.15, -0.1) is 0 Å². The second-order valence-corrected chi connectivity index (χ2v) is 5.34. The highest BCUT2D eigenvalue weighted by Crippen LogP contribution is 2.45. The zero-order valence-electron chi connectivity index (χ0n) is 9.88. The van der Waals surface area contributed by atoms with Crippen LogP contribution in [0.5, 0.6) is 0 Å². The molecule has 0 radical (unpaired) electrons. The van der Waals surface area contributed by atoms with E-state index in [4.69, 9.17) is 0 Å². The lowest BCUT2D eigenvalue weighted by Crippen LogP contribution is -2.37. The van der Waals surface area contributed by atoms with E-state index < -0.39 is 4.87 Å². The first-order valence-corrected chi connectivity index (χ1v) is 6.16. The third-order valence-corrected chi connectivity index (χ3v) is 3.95. The van der Waals surface area contributed by atoms with Crippen molar-refractivity contribution >= 4 is 22.7 Å². The number of carbonyl (C=O) groups is 1. The molecular weight excluding hydrogens is 232 g/mol. The van der Waals surface area contributed by atoms with E-state index >= 15 is 0 Å². The summed E-state index contributed by atoms with van der Waals surface area (Å²) in [4.78, 5) is 11.2. The van der Waals surface area contributed by atoms with E-state index in [9.17, 15) is 4.79 Å². The number of rotatable bonds is 2. The molecule has 0 fully saturated rings. The van der Waals surface area contributed by atoms with Crippen LogP contribution in [0.15, 0.2) is 48.1 Å². The summed E-state index contributed by atoms with van der Waals surface area (Å²) in [6, 6.07) is 9.89. The van der Waals surface area contributed by atoms with Gasteiger partial charge in [-0.3, -0.25) is 4.79 Å². The van der Waals surface area contributed by atoms with E-state index in [1.54, 1.807) is 6.08 Å². The normalized spacial score (nSPS) is 23.4. The van der Waals surface area contributed by atoms with Crippen molar-refractivity contribution < 1.29 is 4.79 Å². The molecule has 4 heteroatoms. The maximum Gasteiger partial charge on any atom is 0.241 e. The Hall–Kier alpha value is -1.55. The summed E-state index contributed by atoms with van der Waals surface area (Å²) in [5.41, 5.74) is 1.06. The molecule has 1 amide bonds. The highest BCUT2D eigenvalue weighted by atomic mass is 32.2. The van der Waals surface area contributed by atoms with Gasteiger partial charge >= 0.3 is 0 Å². The number of hydrazone groups is 1. The standard InChI is InChI=1S/C13H14N2OS/c1-4-12-14-15(10(2)16)13(3,17-12)11-8-6-5-7-9-11/h4-9H,1H2,2-3H3. The number of thioether (sulfide) groups is 1. The maximum absolute atomic E-state index is 11.7. The van der Waals surface area contributed by atoms with Gasteiger partial charge in [0.15, 0.2) is 0 Å². The second-order valence-electron chi connectivity index (χ2n) is 3.92. The van der Waals surface area contributed by atoms with Crippen molar-refractivity contribution in [1.29, 1.82) is 0 Å². The van der Waals surface area contributed by atoms with Gasteiger partial charge in [0, 0.05) is 6.92 Å². The first kappa shape index (κ1) is 11.9. The van der Waals surface area contributed by atoms with Crippen molar-refractivity contribution in [2.24, 2.45) is 5.10 Å². The predicted molar refractivity (Wildman–Crippen MR) is 71.5 cm³/mol. The summed E-state index contributed by atoms with van der Waals surface area (Å²) in [6.07, 6.45) is 1.68. The predicted octanol–water partition coefficient (Wildman–Crippen LogP) is 2.95. The van der Waals surface area contributed by atoms with Crippen molar-refractivity contribution in [3.63, 3.8) is 0 Å².